The SMILES string of the molecule is NCCCc1cc(F)c(F)c(F)c1O. The average molecular weight is 205 g/mol. The van der Waals surface area contributed by atoms with E-state index in [9.17, 15) is 13.2 Å². The first-order valence-corrected chi connectivity index (χ1v) is 4.13. The summed E-state index contributed by atoms with van der Waals surface area (Å²) in [5.74, 6) is -5.33. The van der Waals surface area contributed by atoms with E-state index in [-0.39, 0.29) is 12.0 Å². The van der Waals surface area contributed by atoms with Crippen LogP contribution in [-0.2, 0) is 6.42 Å². The van der Waals surface area contributed by atoms with Crippen molar-refractivity contribution in [3.63, 3.8) is 0 Å². The number of phenolic OH excluding ortho intramolecular Hbond substituents is 1. The standard InChI is InChI=1S/C9H10F3NO/c10-6-4-5(2-1-3-13)9(14)8(12)7(6)11/h4,14H,1-3,13H2. The first-order chi connectivity index (χ1) is 6.57. The summed E-state index contributed by atoms with van der Waals surface area (Å²) in [5, 5.41) is 9.11. The van der Waals surface area contributed by atoms with Gasteiger partial charge in [0.2, 0.25) is 5.82 Å². The lowest BCUT2D eigenvalue weighted by Gasteiger charge is -2.05. The topological polar surface area (TPSA) is 46.2 Å². The molecule has 1 rings (SSSR count). The van der Waals surface area contributed by atoms with Crippen molar-refractivity contribution < 1.29 is 18.3 Å². The van der Waals surface area contributed by atoms with Crippen molar-refractivity contribution in [2.24, 2.45) is 5.73 Å². The number of aromatic hydroxyl groups is 1. The van der Waals surface area contributed by atoms with Crippen molar-refractivity contribution >= 4 is 0 Å². The summed E-state index contributed by atoms with van der Waals surface area (Å²) >= 11 is 0. The van der Waals surface area contributed by atoms with Crippen molar-refractivity contribution in [1.82, 2.24) is 0 Å². The van der Waals surface area contributed by atoms with Gasteiger partial charge in [-0.1, -0.05) is 0 Å². The Balaban J connectivity index is 3.06. The molecule has 0 aliphatic rings. The van der Waals surface area contributed by atoms with E-state index in [4.69, 9.17) is 10.8 Å². The Hall–Kier alpha value is -1.23. The third-order valence-corrected chi connectivity index (χ3v) is 1.87. The molecule has 78 valence electrons. The fourth-order valence-electron chi connectivity index (χ4n) is 1.12. The highest BCUT2D eigenvalue weighted by atomic mass is 19.2. The van der Waals surface area contributed by atoms with Gasteiger partial charge in [-0.05, 0) is 25.5 Å². The smallest absolute Gasteiger partial charge is 0.203 e. The van der Waals surface area contributed by atoms with Gasteiger partial charge in [0.1, 0.15) is 0 Å². The van der Waals surface area contributed by atoms with Gasteiger partial charge in [-0.2, -0.15) is 4.39 Å². The predicted molar refractivity (Wildman–Crippen MR) is 45.4 cm³/mol. The second-order valence-electron chi connectivity index (χ2n) is 2.89. The Kier molecular flexibility index (Phi) is 3.35. The number of nitrogens with two attached hydrogens (primary N) is 1. The van der Waals surface area contributed by atoms with Crippen LogP contribution in [0.15, 0.2) is 6.07 Å². The second-order valence-corrected chi connectivity index (χ2v) is 2.89. The van der Waals surface area contributed by atoms with Crippen LogP contribution in [0.4, 0.5) is 13.2 Å². The summed E-state index contributed by atoms with van der Waals surface area (Å²) in [4.78, 5) is 0. The van der Waals surface area contributed by atoms with Crippen LogP contribution in [0, 0.1) is 17.5 Å². The molecule has 0 heterocycles. The Bertz CT molecular complexity index is 341. The normalized spacial score (nSPS) is 10.6. The van der Waals surface area contributed by atoms with Crippen LogP contribution < -0.4 is 5.73 Å². The van der Waals surface area contributed by atoms with Crippen molar-refractivity contribution in [3.8, 4) is 5.75 Å². The highest BCUT2D eigenvalue weighted by Gasteiger charge is 2.17. The quantitative estimate of drug-likeness (QED) is 0.738. The van der Waals surface area contributed by atoms with Gasteiger partial charge in [-0.3, -0.25) is 0 Å². The van der Waals surface area contributed by atoms with Crippen molar-refractivity contribution in [1.29, 1.82) is 0 Å². The van der Waals surface area contributed by atoms with E-state index >= 15 is 0 Å². The summed E-state index contributed by atoms with van der Waals surface area (Å²) in [6.45, 7) is 0.333. The van der Waals surface area contributed by atoms with Crippen molar-refractivity contribution in [2.75, 3.05) is 6.54 Å². The lowest BCUT2D eigenvalue weighted by Crippen LogP contribution is -2.02. The average Bonchev–Trinajstić information content (AvgIpc) is 2.18. The highest BCUT2D eigenvalue weighted by molar-refractivity contribution is 5.35. The molecule has 0 radical (unpaired) electrons. The summed E-state index contributed by atoms with van der Waals surface area (Å²) in [6, 6.07) is 0.781. The lowest BCUT2D eigenvalue weighted by molar-refractivity contribution is 0.381. The van der Waals surface area contributed by atoms with Crippen LogP contribution >= 0.6 is 0 Å². The third kappa shape index (κ3) is 1.98. The number of rotatable bonds is 3. The van der Waals surface area contributed by atoms with E-state index in [1.54, 1.807) is 0 Å². The van der Waals surface area contributed by atoms with Gasteiger partial charge in [0.25, 0.3) is 0 Å². The molecule has 0 saturated heterocycles. The van der Waals surface area contributed by atoms with Gasteiger partial charge in [0.15, 0.2) is 17.4 Å². The first-order valence-electron chi connectivity index (χ1n) is 4.13. The molecule has 14 heavy (non-hydrogen) atoms. The van der Waals surface area contributed by atoms with Crippen LogP contribution in [0.3, 0.4) is 0 Å². The van der Waals surface area contributed by atoms with Gasteiger partial charge in [-0.25, -0.2) is 8.78 Å². The van der Waals surface area contributed by atoms with Gasteiger partial charge in [0.05, 0.1) is 0 Å². The molecule has 0 saturated carbocycles. The molecule has 0 bridgehead atoms. The van der Waals surface area contributed by atoms with Crippen LogP contribution in [-0.4, -0.2) is 11.7 Å². The summed E-state index contributed by atoms with van der Waals surface area (Å²) in [6.07, 6.45) is 0.689. The van der Waals surface area contributed by atoms with Crippen molar-refractivity contribution in [3.05, 3.63) is 29.1 Å². The van der Waals surface area contributed by atoms with E-state index in [2.05, 4.69) is 0 Å². The first kappa shape index (κ1) is 10.8. The van der Waals surface area contributed by atoms with Crippen LogP contribution in [0.1, 0.15) is 12.0 Å². The molecule has 0 fully saturated rings. The van der Waals surface area contributed by atoms with Gasteiger partial charge >= 0.3 is 0 Å². The summed E-state index contributed by atoms with van der Waals surface area (Å²) < 4.78 is 38.0. The summed E-state index contributed by atoms with van der Waals surface area (Å²) in [5.41, 5.74) is 5.22. The molecule has 0 amide bonds. The molecule has 0 aromatic heterocycles. The van der Waals surface area contributed by atoms with Crippen LogP contribution in [0.2, 0.25) is 0 Å². The molecule has 0 unspecified atom stereocenters. The monoisotopic (exact) mass is 205 g/mol. The Morgan fingerprint density at radius 3 is 2.43 bits per heavy atom. The summed E-state index contributed by atoms with van der Waals surface area (Å²) in [7, 11) is 0. The maximum Gasteiger partial charge on any atom is 0.203 e. The van der Waals surface area contributed by atoms with Crippen LogP contribution in [0.5, 0.6) is 5.75 Å². The van der Waals surface area contributed by atoms with E-state index in [0.29, 0.717) is 13.0 Å². The molecule has 0 aliphatic carbocycles. The third-order valence-electron chi connectivity index (χ3n) is 1.87. The number of benzene rings is 1. The molecule has 0 spiro atoms. The van der Waals surface area contributed by atoms with E-state index in [1.807, 2.05) is 0 Å². The fraction of sp³-hybridized carbons (Fsp3) is 0.333. The Morgan fingerprint density at radius 2 is 1.86 bits per heavy atom. The molecule has 0 atom stereocenters. The lowest BCUT2D eigenvalue weighted by atomic mass is 10.1. The number of hydrogen-bond donors (Lipinski definition) is 2. The second kappa shape index (κ2) is 4.32. The fourth-order valence-corrected chi connectivity index (χ4v) is 1.12. The van der Waals surface area contributed by atoms with Gasteiger partial charge in [0, 0.05) is 5.56 Å². The highest BCUT2D eigenvalue weighted by Crippen LogP contribution is 2.26. The maximum atomic E-state index is 12.8. The maximum absolute atomic E-state index is 12.8. The van der Waals surface area contributed by atoms with E-state index in [0.717, 1.165) is 6.07 Å². The molecule has 5 heteroatoms. The zero-order valence-electron chi connectivity index (χ0n) is 7.36. The van der Waals surface area contributed by atoms with Gasteiger partial charge < -0.3 is 10.8 Å². The molecule has 1 aromatic carbocycles. The minimum Gasteiger partial charge on any atom is -0.505 e. The van der Waals surface area contributed by atoms with Crippen LogP contribution in [0.25, 0.3) is 0 Å². The molecule has 1 aromatic rings. The zero-order chi connectivity index (χ0) is 10.7. The number of phenols is 1. The molecular weight excluding hydrogens is 195 g/mol. The minimum atomic E-state index is -1.65. The Morgan fingerprint density at radius 1 is 1.21 bits per heavy atom. The van der Waals surface area contributed by atoms with E-state index in [1.165, 1.54) is 0 Å². The van der Waals surface area contributed by atoms with Crippen molar-refractivity contribution in [2.45, 2.75) is 12.8 Å². The molecule has 3 N–H and O–H groups in total. The zero-order valence-corrected chi connectivity index (χ0v) is 7.36. The molecule has 2 nitrogen and oxygen atoms in total. The Labute approximate surface area is 79.2 Å². The predicted octanol–water partition coefficient (Wildman–Crippen LogP) is 1.70. The van der Waals surface area contributed by atoms with Gasteiger partial charge in [-0.15, -0.1) is 0 Å². The number of hydrogen-bond acceptors (Lipinski definition) is 2. The minimum absolute atomic E-state index is 0.0341. The number of halogens is 3. The largest absolute Gasteiger partial charge is 0.505 e. The number of aryl methyl sites for hydroxylation is 1. The molecular formula is C9H10F3NO. The molecule has 0 aliphatic heterocycles. The van der Waals surface area contributed by atoms with E-state index < -0.39 is 23.2 Å².